The molecule has 0 bridgehead atoms. The van der Waals surface area contributed by atoms with E-state index in [9.17, 15) is 4.79 Å². The molecule has 1 rings (SSSR count). The summed E-state index contributed by atoms with van der Waals surface area (Å²) < 4.78 is 5.00. The van der Waals surface area contributed by atoms with Crippen molar-refractivity contribution in [1.29, 1.82) is 0 Å². The Morgan fingerprint density at radius 3 is 2.93 bits per heavy atom. The third-order valence-corrected chi connectivity index (χ3v) is 1.97. The summed E-state index contributed by atoms with van der Waals surface area (Å²) in [5.74, 6) is -0.382. The van der Waals surface area contributed by atoms with Gasteiger partial charge in [-0.1, -0.05) is 11.6 Å². The smallest absolute Gasteiger partial charge is 0.329 e. The van der Waals surface area contributed by atoms with Crippen LogP contribution in [0.15, 0.2) is 30.5 Å². The molecular weight excluding hydrogens is 218 g/mol. The summed E-state index contributed by atoms with van der Waals surface area (Å²) in [6.07, 6.45) is 2.28. The zero-order valence-electron chi connectivity index (χ0n) is 8.03. The van der Waals surface area contributed by atoms with Crippen molar-refractivity contribution in [3.05, 3.63) is 35.5 Å². The van der Waals surface area contributed by atoms with Crippen LogP contribution in [0.4, 0.5) is 5.69 Å². The molecule has 1 aromatic carbocycles. The van der Waals surface area contributed by atoms with Gasteiger partial charge in [0.25, 0.3) is 0 Å². The maximum atomic E-state index is 10.2. The van der Waals surface area contributed by atoms with Crippen LogP contribution in [0.25, 0.3) is 0 Å². The second-order valence-corrected chi connectivity index (χ2v) is 3.07. The van der Waals surface area contributed by atoms with Gasteiger partial charge in [0.1, 0.15) is 5.75 Å². The fraction of sp³-hybridized carbons (Fsp3) is 0.100. The number of carbonyl (C=O) groups is 1. The Morgan fingerprint density at radius 1 is 1.60 bits per heavy atom. The van der Waals surface area contributed by atoms with Crippen LogP contribution in [-0.4, -0.2) is 18.2 Å². The Balaban J connectivity index is 2.79. The van der Waals surface area contributed by atoms with Crippen LogP contribution in [0, 0.1) is 0 Å². The predicted octanol–water partition coefficient (Wildman–Crippen LogP) is 2.36. The van der Waals surface area contributed by atoms with E-state index >= 15 is 0 Å². The zero-order chi connectivity index (χ0) is 11.3. The van der Waals surface area contributed by atoms with Crippen molar-refractivity contribution in [2.75, 3.05) is 12.4 Å². The molecule has 0 aliphatic carbocycles. The third kappa shape index (κ3) is 3.52. The molecule has 2 N–H and O–H groups in total. The number of halogens is 1. The summed E-state index contributed by atoms with van der Waals surface area (Å²) in [6, 6.07) is 5.06. The molecule has 15 heavy (non-hydrogen) atoms. The number of methoxy groups -OCH3 is 1. The van der Waals surface area contributed by atoms with Gasteiger partial charge in [-0.25, -0.2) is 4.79 Å². The van der Waals surface area contributed by atoms with Crippen LogP contribution in [0.5, 0.6) is 5.75 Å². The highest BCUT2D eigenvalue weighted by Gasteiger charge is 2.00. The standard InChI is InChI=1S/C10H10ClNO3/c1-15-7-2-3-8(11)9(6-7)12-5-4-10(13)14/h2-6,12H,1H3,(H,13,14)/b5-4+. The summed E-state index contributed by atoms with van der Waals surface area (Å²) in [7, 11) is 1.54. The lowest BCUT2D eigenvalue weighted by Gasteiger charge is -2.06. The molecule has 1 aromatic rings. The van der Waals surface area contributed by atoms with Crippen LogP contribution in [-0.2, 0) is 4.79 Å². The highest BCUT2D eigenvalue weighted by Crippen LogP contribution is 2.26. The number of hydrogen-bond donors (Lipinski definition) is 2. The van der Waals surface area contributed by atoms with Crippen LogP contribution in [0.1, 0.15) is 0 Å². The first-order chi connectivity index (χ1) is 7.13. The predicted molar refractivity (Wildman–Crippen MR) is 58.4 cm³/mol. The van der Waals surface area contributed by atoms with Gasteiger partial charge in [-0.2, -0.15) is 0 Å². The van der Waals surface area contributed by atoms with Crippen LogP contribution >= 0.6 is 11.6 Å². The number of ether oxygens (including phenoxy) is 1. The van der Waals surface area contributed by atoms with Crippen molar-refractivity contribution in [2.24, 2.45) is 0 Å². The fourth-order valence-corrected chi connectivity index (χ4v) is 1.12. The van der Waals surface area contributed by atoms with Crippen LogP contribution < -0.4 is 10.1 Å². The number of hydrogen-bond acceptors (Lipinski definition) is 3. The molecule has 0 amide bonds. The molecule has 5 heteroatoms. The van der Waals surface area contributed by atoms with Crippen molar-refractivity contribution >= 4 is 23.3 Å². The van der Waals surface area contributed by atoms with Gasteiger partial charge in [0.05, 0.1) is 17.8 Å². The van der Waals surface area contributed by atoms with E-state index in [1.165, 1.54) is 6.20 Å². The first-order valence-electron chi connectivity index (χ1n) is 4.13. The minimum atomic E-state index is -1.03. The molecule has 0 atom stereocenters. The quantitative estimate of drug-likeness (QED) is 0.776. The van der Waals surface area contributed by atoms with E-state index in [0.29, 0.717) is 16.5 Å². The SMILES string of the molecule is COc1ccc(Cl)c(N/C=C/C(=O)O)c1. The average Bonchev–Trinajstić information content (AvgIpc) is 2.20. The maximum absolute atomic E-state index is 10.2. The van der Waals surface area contributed by atoms with Gasteiger partial charge < -0.3 is 15.2 Å². The van der Waals surface area contributed by atoms with E-state index in [-0.39, 0.29) is 0 Å². The van der Waals surface area contributed by atoms with Crippen molar-refractivity contribution < 1.29 is 14.6 Å². The van der Waals surface area contributed by atoms with E-state index in [4.69, 9.17) is 21.4 Å². The Kier molecular flexibility index (Phi) is 4.00. The summed E-state index contributed by atoms with van der Waals surface area (Å²) >= 11 is 5.87. The van der Waals surface area contributed by atoms with Gasteiger partial charge in [-0.3, -0.25) is 0 Å². The van der Waals surface area contributed by atoms with E-state index in [0.717, 1.165) is 6.08 Å². The molecule has 0 heterocycles. The zero-order valence-corrected chi connectivity index (χ0v) is 8.78. The van der Waals surface area contributed by atoms with Gasteiger partial charge in [0, 0.05) is 18.3 Å². The minimum Gasteiger partial charge on any atom is -0.497 e. The number of nitrogens with one attached hydrogen (secondary N) is 1. The second kappa shape index (κ2) is 5.26. The number of rotatable bonds is 4. The first-order valence-corrected chi connectivity index (χ1v) is 4.51. The van der Waals surface area contributed by atoms with E-state index in [2.05, 4.69) is 5.32 Å². The normalized spacial score (nSPS) is 10.3. The molecule has 0 fully saturated rings. The van der Waals surface area contributed by atoms with E-state index < -0.39 is 5.97 Å². The highest BCUT2D eigenvalue weighted by atomic mass is 35.5. The minimum absolute atomic E-state index is 0.492. The number of anilines is 1. The van der Waals surface area contributed by atoms with Crippen molar-refractivity contribution in [1.82, 2.24) is 0 Å². The van der Waals surface area contributed by atoms with E-state index in [1.807, 2.05) is 0 Å². The molecule has 0 aliphatic rings. The number of aliphatic carboxylic acids is 1. The summed E-state index contributed by atoms with van der Waals surface area (Å²) in [5.41, 5.74) is 0.591. The number of benzene rings is 1. The van der Waals surface area contributed by atoms with Crippen LogP contribution in [0.3, 0.4) is 0 Å². The average molecular weight is 228 g/mol. The summed E-state index contributed by atoms with van der Waals surface area (Å²) in [6.45, 7) is 0. The maximum Gasteiger partial charge on any atom is 0.329 e. The molecule has 0 aliphatic heterocycles. The molecular formula is C10H10ClNO3. The van der Waals surface area contributed by atoms with Gasteiger partial charge in [0.2, 0.25) is 0 Å². The second-order valence-electron chi connectivity index (χ2n) is 2.66. The molecule has 80 valence electrons. The van der Waals surface area contributed by atoms with Crippen molar-refractivity contribution in [3.8, 4) is 5.75 Å². The lowest BCUT2D eigenvalue weighted by Crippen LogP contribution is -1.93. The van der Waals surface area contributed by atoms with Gasteiger partial charge in [0.15, 0.2) is 0 Å². The molecule has 0 aromatic heterocycles. The van der Waals surface area contributed by atoms with Gasteiger partial charge in [-0.15, -0.1) is 0 Å². The molecule has 0 radical (unpaired) electrons. The van der Waals surface area contributed by atoms with Gasteiger partial charge >= 0.3 is 5.97 Å². The highest BCUT2D eigenvalue weighted by molar-refractivity contribution is 6.33. The Hall–Kier alpha value is -1.68. The molecule has 0 spiro atoms. The lowest BCUT2D eigenvalue weighted by molar-refractivity contribution is -0.131. The molecule has 4 nitrogen and oxygen atoms in total. The third-order valence-electron chi connectivity index (χ3n) is 1.64. The Morgan fingerprint density at radius 2 is 2.33 bits per heavy atom. The Bertz CT molecular complexity index is 390. The molecule has 0 unspecified atom stereocenters. The largest absolute Gasteiger partial charge is 0.497 e. The topological polar surface area (TPSA) is 58.6 Å². The van der Waals surface area contributed by atoms with Crippen molar-refractivity contribution in [2.45, 2.75) is 0 Å². The Labute approximate surface area is 92.1 Å². The molecule has 0 saturated carbocycles. The van der Waals surface area contributed by atoms with Crippen molar-refractivity contribution in [3.63, 3.8) is 0 Å². The summed E-state index contributed by atoms with van der Waals surface area (Å²) in [4.78, 5) is 10.2. The first kappa shape index (κ1) is 11.4. The summed E-state index contributed by atoms with van der Waals surface area (Å²) in [5, 5.41) is 11.6. The number of carboxylic acid groups (broad SMARTS) is 1. The number of carboxylic acids is 1. The van der Waals surface area contributed by atoms with E-state index in [1.54, 1.807) is 25.3 Å². The van der Waals surface area contributed by atoms with Gasteiger partial charge in [-0.05, 0) is 12.1 Å². The molecule has 0 saturated heterocycles. The monoisotopic (exact) mass is 227 g/mol. The fourth-order valence-electron chi connectivity index (χ4n) is 0.945. The lowest BCUT2D eigenvalue weighted by atomic mass is 10.3. The van der Waals surface area contributed by atoms with Crippen LogP contribution in [0.2, 0.25) is 5.02 Å².